The summed E-state index contributed by atoms with van der Waals surface area (Å²) in [4.78, 5) is 19.0. The van der Waals surface area contributed by atoms with E-state index < -0.39 is 12.1 Å². The van der Waals surface area contributed by atoms with E-state index in [1.807, 2.05) is 6.92 Å². The fraction of sp³-hybridized carbons (Fsp3) is 0.500. The van der Waals surface area contributed by atoms with Crippen molar-refractivity contribution < 1.29 is 14.3 Å². The van der Waals surface area contributed by atoms with Crippen molar-refractivity contribution in [2.45, 2.75) is 26.9 Å². The highest BCUT2D eigenvalue weighted by Gasteiger charge is 2.16. The van der Waals surface area contributed by atoms with Gasteiger partial charge < -0.3 is 9.47 Å². The van der Waals surface area contributed by atoms with E-state index in [4.69, 9.17) is 9.47 Å². The Morgan fingerprint density at radius 1 is 1.53 bits per heavy atom. The van der Waals surface area contributed by atoms with Crippen molar-refractivity contribution in [3.63, 3.8) is 0 Å². The number of carbonyl (C=O) groups is 1. The minimum atomic E-state index is -0.653. The van der Waals surface area contributed by atoms with Gasteiger partial charge in [-0.2, -0.15) is 0 Å². The molecule has 1 unspecified atom stereocenters. The van der Waals surface area contributed by atoms with Crippen molar-refractivity contribution in [1.82, 2.24) is 9.97 Å². The second-order valence-corrected chi connectivity index (χ2v) is 3.01. The predicted molar refractivity (Wildman–Crippen MR) is 53.5 cm³/mol. The molecule has 0 amide bonds. The van der Waals surface area contributed by atoms with E-state index in [9.17, 15) is 4.79 Å². The molecule has 1 aromatic heterocycles. The van der Waals surface area contributed by atoms with Crippen LogP contribution >= 0.6 is 0 Å². The Balaban J connectivity index is 2.58. The molecule has 1 heterocycles. The van der Waals surface area contributed by atoms with E-state index in [2.05, 4.69) is 9.97 Å². The summed E-state index contributed by atoms with van der Waals surface area (Å²) in [5, 5.41) is 0. The van der Waals surface area contributed by atoms with Crippen LogP contribution in [0.2, 0.25) is 0 Å². The monoisotopic (exact) mass is 210 g/mol. The Labute approximate surface area is 88.4 Å². The molecule has 15 heavy (non-hydrogen) atoms. The summed E-state index contributed by atoms with van der Waals surface area (Å²) in [7, 11) is 0. The lowest BCUT2D eigenvalue weighted by Gasteiger charge is -2.12. The van der Waals surface area contributed by atoms with Crippen LogP contribution < -0.4 is 4.74 Å². The van der Waals surface area contributed by atoms with Gasteiger partial charge in [0.15, 0.2) is 6.10 Å². The first-order chi connectivity index (χ1) is 7.13. The van der Waals surface area contributed by atoms with Gasteiger partial charge in [0.05, 0.1) is 6.61 Å². The molecule has 5 heteroatoms. The van der Waals surface area contributed by atoms with Gasteiger partial charge in [0.1, 0.15) is 6.33 Å². The van der Waals surface area contributed by atoms with Gasteiger partial charge in [0.2, 0.25) is 5.88 Å². The Morgan fingerprint density at radius 3 is 2.87 bits per heavy atom. The summed E-state index contributed by atoms with van der Waals surface area (Å²) in [6.07, 6.45) is 0.738. The van der Waals surface area contributed by atoms with E-state index in [0.717, 1.165) is 5.69 Å². The highest BCUT2D eigenvalue weighted by Crippen LogP contribution is 2.08. The SMILES string of the molecule is CCOC(=O)C(C)Oc1cc(C)ncn1. The standard InChI is InChI=1S/C10H14N2O3/c1-4-14-10(13)8(3)15-9-5-7(2)11-6-12-9/h5-6,8H,4H2,1-3H3. The summed E-state index contributed by atoms with van der Waals surface area (Å²) in [6, 6.07) is 1.66. The van der Waals surface area contributed by atoms with Crippen molar-refractivity contribution in [3.05, 3.63) is 18.1 Å². The third-order valence-electron chi connectivity index (χ3n) is 1.69. The molecular formula is C10H14N2O3. The van der Waals surface area contributed by atoms with Crippen LogP contribution in [-0.4, -0.2) is 28.6 Å². The molecule has 0 aliphatic heterocycles. The number of hydrogen-bond donors (Lipinski definition) is 0. The van der Waals surface area contributed by atoms with Gasteiger partial charge in [-0.15, -0.1) is 0 Å². The fourth-order valence-electron chi connectivity index (χ4n) is 0.983. The normalized spacial score (nSPS) is 11.9. The van der Waals surface area contributed by atoms with Crippen LogP contribution in [0.4, 0.5) is 0 Å². The lowest BCUT2D eigenvalue weighted by atomic mass is 10.4. The molecule has 0 fully saturated rings. The van der Waals surface area contributed by atoms with Crippen molar-refractivity contribution in [3.8, 4) is 5.88 Å². The smallest absolute Gasteiger partial charge is 0.347 e. The molecule has 0 saturated carbocycles. The largest absolute Gasteiger partial charge is 0.463 e. The second-order valence-electron chi connectivity index (χ2n) is 3.01. The third kappa shape index (κ3) is 3.53. The van der Waals surface area contributed by atoms with Gasteiger partial charge in [-0.05, 0) is 20.8 Å². The number of aryl methyl sites for hydroxylation is 1. The third-order valence-corrected chi connectivity index (χ3v) is 1.69. The van der Waals surface area contributed by atoms with Crippen molar-refractivity contribution in [2.75, 3.05) is 6.61 Å². The van der Waals surface area contributed by atoms with E-state index in [-0.39, 0.29) is 0 Å². The Kier molecular flexibility index (Phi) is 4.03. The zero-order chi connectivity index (χ0) is 11.3. The highest BCUT2D eigenvalue weighted by molar-refractivity contribution is 5.74. The van der Waals surface area contributed by atoms with Crippen LogP contribution in [0.25, 0.3) is 0 Å². The number of nitrogens with zero attached hydrogens (tertiary/aromatic N) is 2. The summed E-state index contributed by atoms with van der Waals surface area (Å²) in [5.41, 5.74) is 0.788. The zero-order valence-electron chi connectivity index (χ0n) is 9.06. The molecule has 82 valence electrons. The summed E-state index contributed by atoms with van der Waals surface area (Å²) in [6.45, 7) is 5.54. The highest BCUT2D eigenvalue weighted by atomic mass is 16.6. The molecule has 0 N–H and O–H groups in total. The van der Waals surface area contributed by atoms with Crippen LogP contribution in [0, 0.1) is 6.92 Å². The van der Waals surface area contributed by atoms with Gasteiger partial charge in [-0.1, -0.05) is 0 Å². The molecule has 0 aliphatic carbocycles. The zero-order valence-corrected chi connectivity index (χ0v) is 9.06. The van der Waals surface area contributed by atoms with E-state index in [1.54, 1.807) is 19.9 Å². The maximum Gasteiger partial charge on any atom is 0.347 e. The van der Waals surface area contributed by atoms with Gasteiger partial charge in [0.25, 0.3) is 0 Å². The van der Waals surface area contributed by atoms with Gasteiger partial charge in [0, 0.05) is 11.8 Å². The molecule has 5 nitrogen and oxygen atoms in total. The quantitative estimate of drug-likeness (QED) is 0.697. The summed E-state index contributed by atoms with van der Waals surface area (Å²) < 4.78 is 10.1. The van der Waals surface area contributed by atoms with Gasteiger partial charge in [-0.3, -0.25) is 0 Å². The molecule has 0 bridgehead atoms. The number of rotatable bonds is 4. The van der Waals surface area contributed by atoms with E-state index >= 15 is 0 Å². The maximum absolute atomic E-state index is 11.2. The van der Waals surface area contributed by atoms with Crippen LogP contribution in [0.15, 0.2) is 12.4 Å². The minimum Gasteiger partial charge on any atom is -0.463 e. The predicted octanol–water partition coefficient (Wildman–Crippen LogP) is 1.12. The van der Waals surface area contributed by atoms with Crippen molar-refractivity contribution >= 4 is 5.97 Å². The Hall–Kier alpha value is -1.65. The number of esters is 1. The molecule has 1 atom stereocenters. The molecule has 0 saturated heterocycles. The summed E-state index contributed by atoms with van der Waals surface area (Å²) >= 11 is 0. The van der Waals surface area contributed by atoms with E-state index in [1.165, 1.54) is 6.33 Å². The van der Waals surface area contributed by atoms with Crippen LogP contribution in [0.1, 0.15) is 19.5 Å². The number of hydrogen-bond acceptors (Lipinski definition) is 5. The van der Waals surface area contributed by atoms with E-state index in [0.29, 0.717) is 12.5 Å². The first-order valence-corrected chi connectivity index (χ1v) is 4.75. The first-order valence-electron chi connectivity index (χ1n) is 4.75. The molecule has 0 aromatic carbocycles. The fourth-order valence-corrected chi connectivity index (χ4v) is 0.983. The number of carbonyl (C=O) groups excluding carboxylic acids is 1. The molecule has 0 aliphatic rings. The van der Waals surface area contributed by atoms with Gasteiger partial charge >= 0.3 is 5.97 Å². The average Bonchev–Trinajstić information content (AvgIpc) is 2.18. The molecule has 1 rings (SSSR count). The molecular weight excluding hydrogens is 196 g/mol. The lowest BCUT2D eigenvalue weighted by Crippen LogP contribution is -2.26. The lowest BCUT2D eigenvalue weighted by molar-refractivity contribution is -0.150. The molecule has 0 spiro atoms. The molecule has 1 aromatic rings. The topological polar surface area (TPSA) is 61.3 Å². The van der Waals surface area contributed by atoms with Crippen molar-refractivity contribution in [1.29, 1.82) is 0 Å². The average molecular weight is 210 g/mol. The van der Waals surface area contributed by atoms with Crippen molar-refractivity contribution in [2.24, 2.45) is 0 Å². The van der Waals surface area contributed by atoms with Crippen LogP contribution in [0.3, 0.4) is 0 Å². The van der Waals surface area contributed by atoms with Gasteiger partial charge in [-0.25, -0.2) is 14.8 Å². The second kappa shape index (κ2) is 5.29. The Morgan fingerprint density at radius 2 is 2.27 bits per heavy atom. The minimum absolute atomic E-state index is 0.343. The number of aromatic nitrogens is 2. The summed E-state index contributed by atoms with van der Waals surface area (Å²) in [5.74, 6) is -0.0168. The number of ether oxygens (including phenoxy) is 2. The van der Waals surface area contributed by atoms with Crippen LogP contribution in [-0.2, 0) is 9.53 Å². The first kappa shape index (κ1) is 11.4. The molecule has 0 radical (unpaired) electrons. The Bertz CT molecular complexity index is 341. The van der Waals surface area contributed by atoms with Crippen LogP contribution in [0.5, 0.6) is 5.88 Å². The maximum atomic E-state index is 11.2.